The van der Waals surface area contributed by atoms with E-state index in [2.05, 4.69) is 35.2 Å². The SMILES string of the molecule is COc1ccccc1-c1ccc2c(c1)CCC(N1CCCC1)C2. The lowest BCUT2D eigenvalue weighted by atomic mass is 9.85. The van der Waals surface area contributed by atoms with Gasteiger partial charge in [-0.1, -0.05) is 36.4 Å². The molecule has 2 aromatic carbocycles. The summed E-state index contributed by atoms with van der Waals surface area (Å²) in [6, 6.07) is 16.1. The summed E-state index contributed by atoms with van der Waals surface area (Å²) in [5, 5.41) is 0. The van der Waals surface area contributed by atoms with Crippen LogP contribution in [0.15, 0.2) is 42.5 Å². The van der Waals surface area contributed by atoms with E-state index in [4.69, 9.17) is 4.74 Å². The van der Waals surface area contributed by atoms with Gasteiger partial charge >= 0.3 is 0 Å². The molecule has 1 aliphatic carbocycles. The second-order valence-electron chi connectivity index (χ2n) is 6.82. The molecule has 0 N–H and O–H groups in total. The van der Waals surface area contributed by atoms with Crippen molar-refractivity contribution < 1.29 is 4.74 Å². The fraction of sp³-hybridized carbons (Fsp3) is 0.429. The standard InChI is InChI=1S/C21H25NO/c1-23-21-7-3-2-6-20(21)18-9-8-17-15-19(11-10-16(17)14-18)22-12-4-5-13-22/h2-3,6-9,14,19H,4-5,10-13,15H2,1H3. The monoisotopic (exact) mass is 307 g/mol. The Balaban J connectivity index is 1.60. The molecule has 1 fully saturated rings. The molecule has 1 heterocycles. The highest BCUT2D eigenvalue weighted by atomic mass is 16.5. The number of rotatable bonds is 3. The number of benzene rings is 2. The lowest BCUT2D eigenvalue weighted by molar-refractivity contribution is 0.222. The minimum atomic E-state index is 0.766. The zero-order valence-corrected chi connectivity index (χ0v) is 13.9. The number of methoxy groups -OCH3 is 1. The molecule has 4 rings (SSSR count). The summed E-state index contributed by atoms with van der Waals surface area (Å²) >= 11 is 0. The zero-order chi connectivity index (χ0) is 15.6. The predicted molar refractivity (Wildman–Crippen MR) is 95.1 cm³/mol. The molecular weight excluding hydrogens is 282 g/mol. The van der Waals surface area contributed by atoms with Crippen molar-refractivity contribution in [2.45, 2.75) is 38.1 Å². The van der Waals surface area contributed by atoms with Crippen LogP contribution < -0.4 is 4.74 Å². The Morgan fingerprint density at radius 2 is 1.83 bits per heavy atom. The number of fused-ring (bicyclic) bond motifs is 1. The maximum Gasteiger partial charge on any atom is 0.126 e. The van der Waals surface area contributed by atoms with Crippen LogP contribution in [-0.2, 0) is 12.8 Å². The van der Waals surface area contributed by atoms with E-state index in [9.17, 15) is 0 Å². The highest BCUT2D eigenvalue weighted by Gasteiger charge is 2.26. The van der Waals surface area contributed by atoms with E-state index < -0.39 is 0 Å². The van der Waals surface area contributed by atoms with Gasteiger partial charge in [-0.15, -0.1) is 0 Å². The number of hydrogen-bond donors (Lipinski definition) is 0. The fourth-order valence-electron chi connectivity index (χ4n) is 4.20. The van der Waals surface area contributed by atoms with Crippen LogP contribution in [0.3, 0.4) is 0 Å². The van der Waals surface area contributed by atoms with Gasteiger partial charge in [-0.25, -0.2) is 0 Å². The minimum absolute atomic E-state index is 0.766. The van der Waals surface area contributed by atoms with Gasteiger partial charge in [0.2, 0.25) is 0 Å². The van der Waals surface area contributed by atoms with Gasteiger partial charge in [0.15, 0.2) is 0 Å². The molecule has 23 heavy (non-hydrogen) atoms. The summed E-state index contributed by atoms with van der Waals surface area (Å²) in [7, 11) is 1.75. The molecule has 0 amide bonds. The zero-order valence-electron chi connectivity index (χ0n) is 13.9. The third-order valence-corrected chi connectivity index (χ3v) is 5.48. The van der Waals surface area contributed by atoms with E-state index in [1.807, 2.05) is 12.1 Å². The molecule has 0 bridgehead atoms. The molecule has 1 saturated heterocycles. The molecule has 2 aliphatic rings. The lowest BCUT2D eigenvalue weighted by Gasteiger charge is -2.32. The molecule has 120 valence electrons. The molecule has 0 spiro atoms. The van der Waals surface area contributed by atoms with Crippen molar-refractivity contribution >= 4 is 0 Å². The lowest BCUT2D eigenvalue weighted by Crippen LogP contribution is -2.37. The number of ether oxygens (including phenoxy) is 1. The van der Waals surface area contributed by atoms with E-state index in [1.54, 1.807) is 12.7 Å². The summed E-state index contributed by atoms with van der Waals surface area (Å²) in [5.74, 6) is 0.957. The van der Waals surface area contributed by atoms with E-state index in [-0.39, 0.29) is 0 Å². The molecule has 2 aromatic rings. The van der Waals surface area contributed by atoms with Crippen LogP contribution in [0.4, 0.5) is 0 Å². The van der Waals surface area contributed by atoms with E-state index >= 15 is 0 Å². The van der Waals surface area contributed by atoms with Gasteiger partial charge in [0, 0.05) is 11.6 Å². The molecule has 1 unspecified atom stereocenters. The average molecular weight is 307 g/mol. The molecule has 0 aromatic heterocycles. The number of nitrogens with zero attached hydrogens (tertiary/aromatic N) is 1. The number of likely N-dealkylation sites (tertiary alicyclic amines) is 1. The van der Waals surface area contributed by atoms with E-state index in [1.165, 1.54) is 61.9 Å². The highest BCUT2D eigenvalue weighted by Crippen LogP contribution is 2.34. The van der Waals surface area contributed by atoms with Gasteiger partial charge in [0.25, 0.3) is 0 Å². The van der Waals surface area contributed by atoms with E-state index in [0.717, 1.165) is 11.8 Å². The topological polar surface area (TPSA) is 12.5 Å². The van der Waals surface area contributed by atoms with Crippen molar-refractivity contribution in [2.24, 2.45) is 0 Å². The third kappa shape index (κ3) is 2.88. The van der Waals surface area contributed by atoms with Crippen molar-refractivity contribution in [1.82, 2.24) is 4.90 Å². The van der Waals surface area contributed by atoms with Crippen LogP contribution in [0, 0.1) is 0 Å². The minimum Gasteiger partial charge on any atom is -0.496 e. The Hall–Kier alpha value is -1.80. The Morgan fingerprint density at radius 1 is 1.00 bits per heavy atom. The molecule has 2 heteroatoms. The van der Waals surface area contributed by atoms with Gasteiger partial charge in [-0.05, 0) is 68.0 Å². The smallest absolute Gasteiger partial charge is 0.126 e. The Morgan fingerprint density at radius 3 is 2.65 bits per heavy atom. The normalized spacial score (nSPS) is 21.2. The maximum atomic E-state index is 5.52. The quantitative estimate of drug-likeness (QED) is 0.837. The first-order valence-electron chi connectivity index (χ1n) is 8.84. The van der Waals surface area contributed by atoms with Crippen molar-refractivity contribution in [3.63, 3.8) is 0 Å². The second-order valence-corrected chi connectivity index (χ2v) is 6.82. The third-order valence-electron chi connectivity index (χ3n) is 5.48. The molecule has 2 nitrogen and oxygen atoms in total. The highest BCUT2D eigenvalue weighted by molar-refractivity contribution is 5.71. The predicted octanol–water partition coefficient (Wildman–Crippen LogP) is 4.32. The van der Waals surface area contributed by atoms with Crippen LogP contribution in [0.1, 0.15) is 30.4 Å². The first-order valence-corrected chi connectivity index (χ1v) is 8.84. The summed E-state index contributed by atoms with van der Waals surface area (Å²) < 4.78 is 5.52. The van der Waals surface area contributed by atoms with Gasteiger partial charge in [0.05, 0.1) is 7.11 Å². The van der Waals surface area contributed by atoms with Crippen molar-refractivity contribution in [1.29, 1.82) is 0 Å². The fourth-order valence-corrected chi connectivity index (χ4v) is 4.20. The summed E-state index contributed by atoms with van der Waals surface area (Å²) in [6.07, 6.45) is 6.51. The molecular formula is C21H25NO. The van der Waals surface area contributed by atoms with Gasteiger partial charge in [-0.3, -0.25) is 0 Å². The van der Waals surface area contributed by atoms with Crippen LogP contribution >= 0.6 is 0 Å². The van der Waals surface area contributed by atoms with Crippen molar-refractivity contribution in [3.05, 3.63) is 53.6 Å². The van der Waals surface area contributed by atoms with Crippen molar-refractivity contribution in [2.75, 3.05) is 20.2 Å². The first kappa shape index (κ1) is 14.8. The average Bonchev–Trinajstić information content (AvgIpc) is 3.15. The summed E-state index contributed by atoms with van der Waals surface area (Å²) in [6.45, 7) is 2.61. The van der Waals surface area contributed by atoms with Crippen LogP contribution in [0.25, 0.3) is 11.1 Å². The molecule has 1 atom stereocenters. The molecule has 0 saturated carbocycles. The Labute approximate surface area is 139 Å². The maximum absolute atomic E-state index is 5.52. The molecule has 0 radical (unpaired) electrons. The van der Waals surface area contributed by atoms with Crippen LogP contribution in [0.2, 0.25) is 0 Å². The first-order chi connectivity index (χ1) is 11.3. The Bertz CT molecular complexity index is 688. The number of para-hydroxylation sites is 1. The number of aryl methyl sites for hydroxylation is 1. The van der Waals surface area contributed by atoms with Crippen LogP contribution in [0.5, 0.6) is 5.75 Å². The van der Waals surface area contributed by atoms with Crippen LogP contribution in [-0.4, -0.2) is 31.1 Å². The summed E-state index contributed by atoms with van der Waals surface area (Å²) in [4.78, 5) is 2.71. The second kappa shape index (κ2) is 6.37. The van der Waals surface area contributed by atoms with Crippen molar-refractivity contribution in [3.8, 4) is 16.9 Å². The van der Waals surface area contributed by atoms with E-state index in [0.29, 0.717) is 0 Å². The number of hydrogen-bond acceptors (Lipinski definition) is 2. The summed E-state index contributed by atoms with van der Waals surface area (Å²) in [5.41, 5.74) is 5.55. The van der Waals surface area contributed by atoms with Gasteiger partial charge < -0.3 is 9.64 Å². The van der Waals surface area contributed by atoms with Gasteiger partial charge in [-0.2, -0.15) is 0 Å². The molecule has 1 aliphatic heterocycles. The Kier molecular flexibility index (Phi) is 4.09. The van der Waals surface area contributed by atoms with Gasteiger partial charge in [0.1, 0.15) is 5.75 Å². The largest absolute Gasteiger partial charge is 0.496 e.